The number of carbonyl (C=O) groups excluding carboxylic acids is 1. The maximum absolute atomic E-state index is 14.0. The second-order valence-corrected chi connectivity index (χ2v) is 8.07. The van der Waals surface area contributed by atoms with Crippen LogP contribution in [-0.4, -0.2) is 20.6 Å². The van der Waals surface area contributed by atoms with Crippen LogP contribution in [0.15, 0.2) is 72.8 Å². The van der Waals surface area contributed by atoms with Crippen LogP contribution in [0.25, 0.3) is 0 Å². The van der Waals surface area contributed by atoms with Crippen molar-refractivity contribution in [2.45, 2.75) is 27.0 Å². The Morgan fingerprint density at radius 1 is 1.09 bits per heavy atom. The van der Waals surface area contributed by atoms with Crippen molar-refractivity contribution in [3.05, 3.63) is 117 Å². The minimum absolute atomic E-state index is 0.0302. The van der Waals surface area contributed by atoms with Crippen LogP contribution in [0.4, 0.5) is 15.9 Å². The van der Waals surface area contributed by atoms with Crippen molar-refractivity contribution in [2.24, 2.45) is 0 Å². The molecule has 8 nitrogen and oxygen atoms in total. The number of nitrogens with one attached hydrogen (secondary N) is 1. The van der Waals surface area contributed by atoms with E-state index in [9.17, 15) is 19.3 Å². The fourth-order valence-corrected chi connectivity index (χ4v) is 3.60. The van der Waals surface area contributed by atoms with E-state index in [1.165, 1.54) is 12.1 Å². The van der Waals surface area contributed by atoms with Crippen LogP contribution in [0.3, 0.4) is 0 Å². The van der Waals surface area contributed by atoms with Crippen LogP contribution in [0, 0.1) is 29.8 Å². The van der Waals surface area contributed by atoms with Gasteiger partial charge < -0.3 is 10.1 Å². The van der Waals surface area contributed by atoms with E-state index in [1.807, 2.05) is 13.0 Å². The average molecular weight is 474 g/mol. The summed E-state index contributed by atoms with van der Waals surface area (Å²) in [6, 6.07) is 19.7. The van der Waals surface area contributed by atoms with E-state index in [0.717, 1.165) is 11.3 Å². The SMILES string of the molecule is Cc1cc(OCc2cccc(C(=O)Nc3cc(C)n(Cc4ccccc4F)n3)c2)ccc1[N+](=O)[O-]. The highest BCUT2D eigenvalue weighted by Crippen LogP contribution is 2.24. The Balaban J connectivity index is 1.41. The van der Waals surface area contributed by atoms with Gasteiger partial charge in [-0.2, -0.15) is 5.10 Å². The lowest BCUT2D eigenvalue weighted by molar-refractivity contribution is -0.385. The summed E-state index contributed by atoms with van der Waals surface area (Å²) < 4.78 is 21.4. The van der Waals surface area contributed by atoms with Gasteiger partial charge in [0.15, 0.2) is 5.82 Å². The van der Waals surface area contributed by atoms with Gasteiger partial charge in [0, 0.05) is 34.5 Å². The van der Waals surface area contributed by atoms with E-state index in [2.05, 4.69) is 10.4 Å². The summed E-state index contributed by atoms with van der Waals surface area (Å²) in [7, 11) is 0. The van der Waals surface area contributed by atoms with Gasteiger partial charge in [0.25, 0.3) is 11.6 Å². The summed E-state index contributed by atoms with van der Waals surface area (Å²) in [4.78, 5) is 23.3. The molecule has 3 aromatic carbocycles. The summed E-state index contributed by atoms with van der Waals surface area (Å²) >= 11 is 0. The molecule has 0 fully saturated rings. The maximum Gasteiger partial charge on any atom is 0.272 e. The number of benzene rings is 3. The van der Waals surface area contributed by atoms with E-state index in [1.54, 1.807) is 66.2 Å². The number of nitro groups is 1. The molecule has 0 atom stereocenters. The van der Waals surface area contributed by atoms with Crippen molar-refractivity contribution in [1.29, 1.82) is 0 Å². The van der Waals surface area contributed by atoms with E-state index in [-0.39, 0.29) is 30.6 Å². The normalized spacial score (nSPS) is 10.7. The first-order valence-corrected chi connectivity index (χ1v) is 10.9. The number of aromatic nitrogens is 2. The topological polar surface area (TPSA) is 99.3 Å². The molecule has 0 unspecified atom stereocenters. The number of rotatable bonds is 8. The Hall–Kier alpha value is -4.53. The highest BCUT2D eigenvalue weighted by molar-refractivity contribution is 6.03. The number of hydrogen-bond donors (Lipinski definition) is 1. The molecule has 0 bridgehead atoms. The third kappa shape index (κ3) is 5.70. The van der Waals surface area contributed by atoms with Gasteiger partial charge in [-0.05, 0) is 49.7 Å². The summed E-state index contributed by atoms with van der Waals surface area (Å²) in [6.07, 6.45) is 0. The average Bonchev–Trinajstić information content (AvgIpc) is 3.17. The van der Waals surface area contributed by atoms with Gasteiger partial charge in [-0.15, -0.1) is 0 Å². The number of ether oxygens (including phenoxy) is 1. The molecule has 0 aliphatic rings. The molecule has 9 heteroatoms. The van der Waals surface area contributed by atoms with Crippen LogP contribution >= 0.6 is 0 Å². The van der Waals surface area contributed by atoms with E-state index in [4.69, 9.17) is 4.74 Å². The lowest BCUT2D eigenvalue weighted by atomic mass is 10.1. The molecule has 0 saturated carbocycles. The summed E-state index contributed by atoms with van der Waals surface area (Å²) in [5, 5.41) is 18.1. The van der Waals surface area contributed by atoms with Crippen LogP contribution in [0.5, 0.6) is 5.75 Å². The largest absolute Gasteiger partial charge is 0.489 e. The monoisotopic (exact) mass is 474 g/mol. The predicted molar refractivity (Wildman–Crippen MR) is 129 cm³/mol. The minimum atomic E-state index is -0.439. The third-order valence-electron chi connectivity index (χ3n) is 5.46. The molecule has 0 saturated heterocycles. The molecule has 0 aliphatic heterocycles. The van der Waals surface area contributed by atoms with Gasteiger partial charge in [-0.3, -0.25) is 19.6 Å². The standard InChI is InChI=1S/C26H23FN4O4/c1-17-12-22(10-11-24(17)31(33)34)35-16-19-6-5-8-20(14-19)26(32)28-25-13-18(2)30(29-25)15-21-7-3-4-9-23(21)27/h3-14H,15-16H2,1-2H3,(H,28,29,32). The first-order chi connectivity index (χ1) is 16.8. The summed E-state index contributed by atoms with van der Waals surface area (Å²) in [5.41, 5.74) is 3.01. The molecular formula is C26H23FN4O4. The molecule has 1 amide bonds. The number of amides is 1. The molecule has 1 N–H and O–H groups in total. The Kier molecular flexibility index (Phi) is 6.86. The zero-order valence-corrected chi connectivity index (χ0v) is 19.2. The third-order valence-corrected chi connectivity index (χ3v) is 5.46. The molecule has 0 radical (unpaired) electrons. The van der Waals surface area contributed by atoms with E-state index >= 15 is 0 Å². The number of hydrogen-bond acceptors (Lipinski definition) is 5. The van der Waals surface area contributed by atoms with Crippen molar-refractivity contribution in [1.82, 2.24) is 9.78 Å². The molecule has 0 aliphatic carbocycles. The smallest absolute Gasteiger partial charge is 0.272 e. The van der Waals surface area contributed by atoms with Gasteiger partial charge in [-0.25, -0.2) is 4.39 Å². The first-order valence-electron chi connectivity index (χ1n) is 10.9. The van der Waals surface area contributed by atoms with Crippen LogP contribution in [-0.2, 0) is 13.2 Å². The first kappa shape index (κ1) is 23.6. The lowest BCUT2D eigenvalue weighted by Gasteiger charge is -2.09. The van der Waals surface area contributed by atoms with Crippen molar-refractivity contribution in [3.8, 4) is 5.75 Å². The van der Waals surface area contributed by atoms with Gasteiger partial charge in [-0.1, -0.05) is 30.3 Å². The summed E-state index contributed by atoms with van der Waals surface area (Å²) in [5.74, 6) is 0.218. The molecule has 4 rings (SSSR count). The zero-order valence-electron chi connectivity index (χ0n) is 19.2. The molecule has 0 spiro atoms. The zero-order chi connectivity index (χ0) is 24.9. The maximum atomic E-state index is 14.0. The van der Waals surface area contributed by atoms with Gasteiger partial charge >= 0.3 is 0 Å². The Labute approximate surface area is 201 Å². The molecule has 1 aromatic heterocycles. The van der Waals surface area contributed by atoms with Gasteiger partial charge in [0.05, 0.1) is 11.5 Å². The number of nitro benzene ring substituents is 1. The van der Waals surface area contributed by atoms with E-state index < -0.39 is 4.92 Å². The molecule has 178 valence electrons. The Bertz CT molecular complexity index is 1400. The predicted octanol–water partition coefficient (Wildman–Crippen LogP) is 5.43. The molecular weight excluding hydrogens is 451 g/mol. The highest BCUT2D eigenvalue weighted by atomic mass is 19.1. The summed E-state index contributed by atoms with van der Waals surface area (Å²) in [6.45, 7) is 3.93. The van der Waals surface area contributed by atoms with Crippen molar-refractivity contribution in [2.75, 3.05) is 5.32 Å². The van der Waals surface area contributed by atoms with Crippen LogP contribution < -0.4 is 10.1 Å². The Morgan fingerprint density at radius 2 is 1.89 bits per heavy atom. The lowest BCUT2D eigenvalue weighted by Crippen LogP contribution is -2.13. The number of halogens is 1. The van der Waals surface area contributed by atoms with Crippen molar-refractivity contribution in [3.63, 3.8) is 0 Å². The fraction of sp³-hybridized carbons (Fsp3) is 0.154. The van der Waals surface area contributed by atoms with Gasteiger partial charge in [0.2, 0.25) is 0 Å². The van der Waals surface area contributed by atoms with Crippen molar-refractivity contribution >= 4 is 17.4 Å². The molecule has 1 heterocycles. The highest BCUT2D eigenvalue weighted by Gasteiger charge is 2.13. The van der Waals surface area contributed by atoms with Crippen LogP contribution in [0.1, 0.15) is 32.7 Å². The van der Waals surface area contributed by atoms with E-state index in [0.29, 0.717) is 28.3 Å². The fourth-order valence-electron chi connectivity index (χ4n) is 3.60. The number of nitrogens with zero attached hydrogens (tertiary/aromatic N) is 3. The Morgan fingerprint density at radius 3 is 2.63 bits per heavy atom. The second-order valence-electron chi connectivity index (χ2n) is 8.07. The second kappa shape index (κ2) is 10.2. The number of anilines is 1. The number of carbonyl (C=O) groups is 1. The van der Waals surface area contributed by atoms with Crippen LogP contribution in [0.2, 0.25) is 0 Å². The number of aryl methyl sites for hydroxylation is 2. The quantitative estimate of drug-likeness (QED) is 0.271. The molecule has 35 heavy (non-hydrogen) atoms. The van der Waals surface area contributed by atoms with Crippen molar-refractivity contribution < 1.29 is 18.8 Å². The molecule has 4 aromatic rings. The minimum Gasteiger partial charge on any atom is -0.489 e. The van der Waals surface area contributed by atoms with Gasteiger partial charge in [0.1, 0.15) is 18.2 Å².